The number of aliphatic hydroxyl groups is 1. The van der Waals surface area contributed by atoms with Crippen LogP contribution in [0.25, 0.3) is 0 Å². The average Bonchev–Trinajstić information content (AvgIpc) is 2.87. The smallest absolute Gasteiger partial charge is 0.330 e. The van der Waals surface area contributed by atoms with E-state index in [-0.39, 0.29) is 24.5 Å². The van der Waals surface area contributed by atoms with Crippen molar-refractivity contribution in [3.63, 3.8) is 0 Å². The van der Waals surface area contributed by atoms with Crippen molar-refractivity contribution in [1.82, 2.24) is 9.55 Å². The van der Waals surface area contributed by atoms with Gasteiger partial charge in [-0.25, -0.2) is 4.79 Å². The first-order chi connectivity index (χ1) is 12.4. The fourth-order valence-corrected chi connectivity index (χ4v) is 3.73. The minimum absolute atomic E-state index is 0.00840. The van der Waals surface area contributed by atoms with Crippen LogP contribution in [0.4, 0.5) is 0 Å². The first-order valence-corrected chi connectivity index (χ1v) is 11.8. The van der Waals surface area contributed by atoms with Crippen molar-refractivity contribution in [1.29, 1.82) is 0 Å². The molecule has 9 nitrogen and oxygen atoms in total. The Hall–Kier alpha value is -1.75. The predicted molar refractivity (Wildman–Crippen MR) is 103 cm³/mol. The second kappa shape index (κ2) is 7.70. The molecule has 3 unspecified atom stereocenters. The van der Waals surface area contributed by atoms with Crippen LogP contribution < -0.4 is 11.2 Å². The summed E-state index contributed by atoms with van der Waals surface area (Å²) in [6.45, 7) is 10.7. The zero-order valence-corrected chi connectivity index (χ0v) is 17.4. The maximum absolute atomic E-state index is 12.1. The molecule has 3 N–H and O–H groups in total. The molecule has 10 heteroatoms. The third-order valence-electron chi connectivity index (χ3n) is 5.54. The highest BCUT2D eigenvalue weighted by Gasteiger charge is 2.49. The van der Waals surface area contributed by atoms with Gasteiger partial charge in [0.15, 0.2) is 8.32 Å². The van der Waals surface area contributed by atoms with Crippen LogP contribution in [0.2, 0.25) is 18.1 Å². The number of hydrogen-bond acceptors (Lipinski definition) is 7. The summed E-state index contributed by atoms with van der Waals surface area (Å²) in [5, 5.41) is 22.8. The van der Waals surface area contributed by atoms with Gasteiger partial charge in [-0.05, 0) is 18.1 Å². The third-order valence-corrected chi connectivity index (χ3v) is 10.0. The number of H-pyrrole nitrogens is 1. The third kappa shape index (κ3) is 4.75. The molecular weight excluding hydrogens is 370 g/mol. The van der Waals surface area contributed by atoms with Gasteiger partial charge in [-0.1, -0.05) is 20.8 Å². The number of nitrogens with one attached hydrogen (secondary N) is 1. The normalized spacial score (nSPS) is 26.7. The van der Waals surface area contributed by atoms with E-state index < -0.39 is 37.5 Å². The summed E-state index contributed by atoms with van der Waals surface area (Å²) in [6, 6.07) is 1.22. The molecular formula is C17H29N3O6Si. The van der Waals surface area contributed by atoms with Gasteiger partial charge in [0.1, 0.15) is 17.9 Å². The molecule has 2 rings (SSSR count). The first-order valence-electron chi connectivity index (χ1n) is 8.89. The average molecular weight is 400 g/mol. The van der Waals surface area contributed by atoms with Crippen LogP contribution in [0.1, 0.15) is 39.8 Å². The lowest BCUT2D eigenvalue weighted by Gasteiger charge is -2.38. The lowest BCUT2D eigenvalue weighted by molar-refractivity contribution is -0.0769. The van der Waals surface area contributed by atoms with E-state index in [1.54, 1.807) is 0 Å². The van der Waals surface area contributed by atoms with E-state index in [1.165, 1.54) is 23.0 Å². The van der Waals surface area contributed by atoms with Crippen LogP contribution in [-0.2, 0) is 9.16 Å². The maximum Gasteiger partial charge on any atom is 0.330 e. The van der Waals surface area contributed by atoms with E-state index in [0.717, 1.165) is 0 Å². The largest absolute Gasteiger partial charge is 0.414 e. The summed E-state index contributed by atoms with van der Waals surface area (Å²) in [7, 11) is -2.08. The SMILES string of the molecule is CC(C)(C)[Si](C)(C)OCC1OC(n2ccc(=O)[nH]c2=O)CC1(O)CC=NO. The summed E-state index contributed by atoms with van der Waals surface area (Å²) in [6.07, 6.45) is 1.19. The van der Waals surface area contributed by atoms with Gasteiger partial charge in [-0.2, -0.15) is 0 Å². The van der Waals surface area contributed by atoms with Crippen LogP contribution in [0.3, 0.4) is 0 Å². The fourth-order valence-electron chi connectivity index (χ4n) is 2.72. The molecule has 0 bridgehead atoms. The zero-order chi connectivity index (χ0) is 20.5. The number of nitrogens with zero attached hydrogens (tertiary/aromatic N) is 2. The second-order valence-corrected chi connectivity index (χ2v) is 13.3. The number of ether oxygens (including phenoxy) is 1. The fraction of sp³-hybridized carbons (Fsp3) is 0.706. The van der Waals surface area contributed by atoms with Crippen LogP contribution in [-0.4, -0.2) is 52.7 Å². The molecule has 152 valence electrons. The van der Waals surface area contributed by atoms with E-state index in [9.17, 15) is 14.7 Å². The molecule has 0 aliphatic carbocycles. The Balaban J connectivity index is 2.25. The van der Waals surface area contributed by atoms with Crippen molar-refractivity contribution in [2.45, 2.75) is 69.7 Å². The van der Waals surface area contributed by atoms with E-state index in [4.69, 9.17) is 14.4 Å². The molecule has 0 spiro atoms. The molecule has 2 heterocycles. The molecule has 0 aromatic carbocycles. The molecule has 27 heavy (non-hydrogen) atoms. The van der Waals surface area contributed by atoms with Crippen molar-refractivity contribution in [2.24, 2.45) is 5.16 Å². The van der Waals surface area contributed by atoms with E-state index in [2.05, 4.69) is 44.0 Å². The Morgan fingerprint density at radius 3 is 2.70 bits per heavy atom. The van der Waals surface area contributed by atoms with Gasteiger partial charge in [0.2, 0.25) is 0 Å². The maximum atomic E-state index is 12.1. The summed E-state index contributed by atoms with van der Waals surface area (Å²) >= 11 is 0. The van der Waals surface area contributed by atoms with Gasteiger partial charge in [-0.3, -0.25) is 14.3 Å². The summed E-state index contributed by atoms with van der Waals surface area (Å²) in [5.74, 6) is 0. The van der Waals surface area contributed by atoms with Crippen LogP contribution in [0.5, 0.6) is 0 Å². The molecule has 3 atom stereocenters. The lowest BCUT2D eigenvalue weighted by atomic mass is 9.92. The van der Waals surface area contributed by atoms with Crippen LogP contribution in [0, 0.1) is 0 Å². The van der Waals surface area contributed by atoms with E-state index >= 15 is 0 Å². The van der Waals surface area contributed by atoms with Gasteiger partial charge in [-0.15, -0.1) is 5.16 Å². The number of aromatic amines is 1. The monoisotopic (exact) mass is 399 g/mol. The van der Waals surface area contributed by atoms with Gasteiger partial charge in [0.25, 0.3) is 5.56 Å². The highest BCUT2D eigenvalue weighted by molar-refractivity contribution is 6.74. The molecule has 0 radical (unpaired) electrons. The van der Waals surface area contributed by atoms with Crippen LogP contribution >= 0.6 is 0 Å². The molecule has 1 fully saturated rings. The Kier molecular flexibility index (Phi) is 6.15. The van der Waals surface area contributed by atoms with Crippen LogP contribution in [0.15, 0.2) is 27.0 Å². The highest BCUT2D eigenvalue weighted by Crippen LogP contribution is 2.41. The Morgan fingerprint density at radius 1 is 1.48 bits per heavy atom. The highest BCUT2D eigenvalue weighted by atomic mass is 28.4. The minimum atomic E-state index is -2.08. The van der Waals surface area contributed by atoms with Crippen molar-refractivity contribution in [2.75, 3.05) is 6.61 Å². The molecule has 1 aromatic rings. The van der Waals surface area contributed by atoms with Gasteiger partial charge >= 0.3 is 5.69 Å². The van der Waals surface area contributed by atoms with Gasteiger partial charge < -0.3 is 19.5 Å². The predicted octanol–water partition coefficient (Wildman–Crippen LogP) is 1.43. The molecule has 1 aliphatic heterocycles. The standard InChI is InChI=1S/C17H29N3O6Si/c1-16(2,3)27(4,5)25-11-12-17(23,7-8-18-24)10-14(26-12)20-9-6-13(21)19-15(20)22/h6,8-9,12,14,23-24H,7,10-11H2,1-5H3,(H,19,21,22). The summed E-state index contributed by atoms with van der Waals surface area (Å²) in [4.78, 5) is 25.5. The van der Waals surface area contributed by atoms with Crippen molar-refractivity contribution >= 4 is 14.5 Å². The topological polar surface area (TPSA) is 126 Å². The lowest BCUT2D eigenvalue weighted by Crippen LogP contribution is -2.47. The quantitative estimate of drug-likeness (QED) is 0.287. The number of aromatic nitrogens is 2. The van der Waals surface area contributed by atoms with Gasteiger partial charge in [0, 0.05) is 31.3 Å². The minimum Gasteiger partial charge on any atom is -0.414 e. The first kappa shape index (κ1) is 21.5. The number of oxime groups is 1. The van der Waals surface area contributed by atoms with Gasteiger partial charge in [0.05, 0.1) is 6.61 Å². The molecule has 1 saturated heterocycles. The molecule has 1 aromatic heterocycles. The second-order valence-electron chi connectivity index (χ2n) is 8.48. The van der Waals surface area contributed by atoms with E-state index in [1.807, 2.05) is 0 Å². The van der Waals surface area contributed by atoms with Crippen molar-refractivity contribution in [3.05, 3.63) is 33.1 Å². The summed E-state index contributed by atoms with van der Waals surface area (Å²) < 4.78 is 13.4. The zero-order valence-electron chi connectivity index (χ0n) is 16.4. The molecule has 0 saturated carbocycles. The molecule has 0 amide bonds. The van der Waals surface area contributed by atoms with Crippen molar-refractivity contribution in [3.8, 4) is 0 Å². The molecule has 1 aliphatic rings. The van der Waals surface area contributed by atoms with Crippen molar-refractivity contribution < 1.29 is 19.5 Å². The number of rotatable bonds is 6. The Morgan fingerprint density at radius 2 is 2.15 bits per heavy atom. The Labute approximate surface area is 158 Å². The summed E-state index contributed by atoms with van der Waals surface area (Å²) in [5.41, 5.74) is -2.49. The Bertz CT molecular complexity index is 797. The number of hydrogen-bond donors (Lipinski definition) is 3. The van der Waals surface area contributed by atoms with E-state index in [0.29, 0.717) is 0 Å².